The maximum atomic E-state index is 14.4. The highest BCUT2D eigenvalue weighted by atomic mass is 19.1. The number of hydrogen-bond donors (Lipinski definition) is 3. The monoisotopic (exact) mass is 464 g/mol. The molecule has 1 amide bonds. The molecule has 1 heterocycles. The minimum absolute atomic E-state index is 0.106. The van der Waals surface area contributed by atoms with Crippen LogP contribution in [-0.4, -0.2) is 16.9 Å². The fraction of sp³-hybridized carbons (Fsp3) is 0.0370. The maximum absolute atomic E-state index is 14.4. The Kier molecular flexibility index (Phi) is 7.09. The van der Waals surface area contributed by atoms with Crippen molar-refractivity contribution < 1.29 is 9.18 Å². The summed E-state index contributed by atoms with van der Waals surface area (Å²) in [5.41, 5.74) is 9.45. The molecule has 0 aliphatic carbocycles. The Morgan fingerprint density at radius 3 is 2.29 bits per heavy atom. The third-order valence-corrected chi connectivity index (χ3v) is 5.10. The molecule has 0 saturated heterocycles. The molecule has 0 radical (unpaired) electrons. The van der Waals surface area contributed by atoms with E-state index in [1.165, 1.54) is 0 Å². The van der Waals surface area contributed by atoms with Crippen molar-refractivity contribution in [2.24, 2.45) is 10.7 Å². The number of anilines is 2. The van der Waals surface area contributed by atoms with Gasteiger partial charge in [0.1, 0.15) is 6.07 Å². The van der Waals surface area contributed by atoms with Gasteiger partial charge in [0.25, 0.3) is 5.91 Å². The van der Waals surface area contributed by atoms with E-state index >= 15 is 0 Å². The number of carbonyl (C=O) groups is 1. The first-order chi connectivity index (χ1) is 17.0. The van der Waals surface area contributed by atoms with Crippen LogP contribution in [0.15, 0.2) is 102 Å². The smallest absolute Gasteiger partial charge is 0.263 e. The minimum Gasteiger partial charge on any atom is -0.369 e. The van der Waals surface area contributed by atoms with Gasteiger partial charge < -0.3 is 16.4 Å². The number of aromatic nitrogens is 1. The summed E-state index contributed by atoms with van der Waals surface area (Å²) >= 11 is 0. The number of nitrogens with one attached hydrogen (secondary N) is 2. The molecule has 8 heteroatoms. The number of para-hydroxylation sites is 1. The van der Waals surface area contributed by atoms with Crippen molar-refractivity contribution in [3.8, 4) is 17.2 Å². The molecule has 4 rings (SSSR count). The molecule has 3 aromatic carbocycles. The van der Waals surface area contributed by atoms with Crippen LogP contribution in [0.4, 0.5) is 21.6 Å². The molecular formula is C27H21FN6O. The predicted octanol–water partition coefficient (Wildman–Crippen LogP) is 5.33. The number of aliphatic imine (C=N–C) groups is 1. The normalized spacial score (nSPS) is 11.8. The lowest BCUT2D eigenvalue weighted by Crippen LogP contribution is -2.22. The van der Waals surface area contributed by atoms with Gasteiger partial charge in [-0.25, -0.2) is 9.37 Å². The van der Waals surface area contributed by atoms with Gasteiger partial charge in [-0.15, -0.1) is 0 Å². The van der Waals surface area contributed by atoms with Crippen molar-refractivity contribution in [3.05, 3.63) is 108 Å². The summed E-state index contributed by atoms with van der Waals surface area (Å²) in [7, 11) is 0. The predicted molar refractivity (Wildman–Crippen MR) is 135 cm³/mol. The van der Waals surface area contributed by atoms with Gasteiger partial charge in [-0.3, -0.25) is 4.79 Å². The molecule has 4 N–H and O–H groups in total. The fourth-order valence-electron chi connectivity index (χ4n) is 3.33. The van der Waals surface area contributed by atoms with Gasteiger partial charge >= 0.3 is 0 Å². The molecule has 35 heavy (non-hydrogen) atoms. The number of benzene rings is 3. The molecule has 0 aliphatic heterocycles. The third kappa shape index (κ3) is 5.86. The summed E-state index contributed by atoms with van der Waals surface area (Å²) in [5.74, 6) is -0.224. The van der Waals surface area contributed by atoms with E-state index in [4.69, 9.17) is 5.73 Å². The van der Waals surface area contributed by atoms with Crippen molar-refractivity contribution in [2.45, 2.75) is 6.17 Å². The minimum atomic E-state index is -1.75. The highest BCUT2D eigenvalue weighted by Crippen LogP contribution is 2.24. The van der Waals surface area contributed by atoms with Crippen LogP contribution in [-0.2, 0) is 4.79 Å². The van der Waals surface area contributed by atoms with E-state index in [9.17, 15) is 14.4 Å². The molecule has 4 aromatic rings. The van der Waals surface area contributed by atoms with Gasteiger partial charge in [0, 0.05) is 17.4 Å². The highest BCUT2D eigenvalue weighted by Gasteiger charge is 2.19. The first-order valence-electron chi connectivity index (χ1n) is 10.7. The van der Waals surface area contributed by atoms with Crippen LogP contribution in [0.25, 0.3) is 11.1 Å². The molecule has 7 nitrogen and oxygen atoms in total. The standard InChI is InChI=1S/C27H21FN6O/c28-25(19-6-2-1-3-7-19)26(35)32-22-13-10-18(11-14-22)21-12-15-24(31-17-21)34-27(30)33-23-9-5-4-8-20(23)16-29/h1-15,17,25H,(H,32,35)(H3,30,31,33,34). The average molecular weight is 465 g/mol. The molecule has 0 spiro atoms. The quantitative estimate of drug-likeness (QED) is 0.263. The Morgan fingerprint density at radius 2 is 1.60 bits per heavy atom. The van der Waals surface area contributed by atoms with Crippen molar-refractivity contribution in [2.75, 3.05) is 10.6 Å². The van der Waals surface area contributed by atoms with E-state index in [0.717, 1.165) is 11.1 Å². The Hall–Kier alpha value is -5.03. The van der Waals surface area contributed by atoms with Gasteiger partial charge in [-0.2, -0.15) is 10.3 Å². The van der Waals surface area contributed by atoms with Gasteiger partial charge in [-0.05, 0) is 47.5 Å². The summed E-state index contributed by atoms with van der Waals surface area (Å²) in [6.07, 6.45) is -0.0980. The Balaban J connectivity index is 1.40. The van der Waals surface area contributed by atoms with Crippen LogP contribution in [0.5, 0.6) is 0 Å². The van der Waals surface area contributed by atoms with Gasteiger partial charge in [0.2, 0.25) is 6.17 Å². The second-order valence-electron chi connectivity index (χ2n) is 7.52. The number of carbonyl (C=O) groups excluding carboxylic acids is 1. The van der Waals surface area contributed by atoms with Crippen LogP contribution in [0.2, 0.25) is 0 Å². The number of amides is 1. The van der Waals surface area contributed by atoms with Crippen molar-refractivity contribution >= 4 is 29.1 Å². The van der Waals surface area contributed by atoms with Crippen molar-refractivity contribution in [1.82, 2.24) is 4.98 Å². The first kappa shape index (κ1) is 23.1. The topological polar surface area (TPSA) is 116 Å². The van der Waals surface area contributed by atoms with Crippen LogP contribution in [0, 0.1) is 11.3 Å². The van der Waals surface area contributed by atoms with Crippen LogP contribution in [0.3, 0.4) is 0 Å². The molecule has 1 atom stereocenters. The number of pyridine rings is 1. The number of nitrogens with two attached hydrogens (primary N) is 1. The SMILES string of the molecule is N#Cc1ccccc1NC(N)=Nc1ccc(-c2ccc(NC(=O)C(F)c3ccccc3)cc2)cn1. The summed E-state index contributed by atoms with van der Waals surface area (Å²) in [6.45, 7) is 0. The first-order valence-corrected chi connectivity index (χ1v) is 10.7. The van der Waals surface area contributed by atoms with Gasteiger partial charge in [0.05, 0.1) is 11.3 Å². The van der Waals surface area contributed by atoms with Crippen LogP contribution in [0.1, 0.15) is 17.3 Å². The Labute approximate surface area is 201 Å². The number of nitrogens with zero attached hydrogens (tertiary/aromatic N) is 3. The van der Waals surface area contributed by atoms with Crippen molar-refractivity contribution in [1.29, 1.82) is 5.26 Å². The van der Waals surface area contributed by atoms with E-state index in [1.807, 2.05) is 6.07 Å². The molecule has 1 aromatic heterocycles. The molecule has 172 valence electrons. The Bertz CT molecular complexity index is 1380. The van der Waals surface area contributed by atoms with Gasteiger partial charge in [-0.1, -0.05) is 54.6 Å². The molecule has 0 bridgehead atoms. The molecule has 0 saturated carbocycles. The summed E-state index contributed by atoms with van der Waals surface area (Å²) in [6, 6.07) is 27.9. The largest absolute Gasteiger partial charge is 0.369 e. The second-order valence-corrected chi connectivity index (χ2v) is 7.52. The zero-order chi connectivity index (χ0) is 24.6. The zero-order valence-corrected chi connectivity index (χ0v) is 18.5. The number of halogens is 1. The van der Waals surface area contributed by atoms with Gasteiger partial charge in [0.15, 0.2) is 11.8 Å². The number of rotatable bonds is 6. The van der Waals surface area contributed by atoms with E-state index in [1.54, 1.807) is 91.1 Å². The molecule has 0 fully saturated rings. The lowest BCUT2D eigenvalue weighted by molar-refractivity contribution is -0.121. The summed E-state index contributed by atoms with van der Waals surface area (Å²) < 4.78 is 14.4. The number of hydrogen-bond acceptors (Lipinski definition) is 4. The lowest BCUT2D eigenvalue weighted by atomic mass is 10.1. The van der Waals surface area contributed by atoms with Crippen LogP contribution < -0.4 is 16.4 Å². The zero-order valence-electron chi connectivity index (χ0n) is 18.5. The Morgan fingerprint density at radius 1 is 0.914 bits per heavy atom. The highest BCUT2D eigenvalue weighted by molar-refractivity contribution is 5.95. The van der Waals surface area contributed by atoms with E-state index < -0.39 is 12.1 Å². The third-order valence-electron chi connectivity index (χ3n) is 5.10. The second kappa shape index (κ2) is 10.7. The summed E-state index contributed by atoms with van der Waals surface area (Å²) in [5, 5.41) is 14.7. The lowest BCUT2D eigenvalue weighted by Gasteiger charge is -2.10. The van der Waals surface area contributed by atoms with Crippen molar-refractivity contribution in [3.63, 3.8) is 0 Å². The summed E-state index contributed by atoms with van der Waals surface area (Å²) in [4.78, 5) is 20.8. The van der Waals surface area contributed by atoms with E-state index in [0.29, 0.717) is 28.3 Å². The number of alkyl halides is 1. The van der Waals surface area contributed by atoms with Crippen LogP contribution >= 0.6 is 0 Å². The maximum Gasteiger partial charge on any atom is 0.263 e. The molecule has 1 unspecified atom stereocenters. The molecule has 0 aliphatic rings. The number of guanidine groups is 1. The molecular weight excluding hydrogens is 443 g/mol. The van der Waals surface area contributed by atoms with E-state index in [2.05, 4.69) is 26.7 Å². The number of nitriles is 1. The fourth-order valence-corrected chi connectivity index (χ4v) is 3.33. The van der Waals surface area contributed by atoms with E-state index in [-0.39, 0.29) is 5.96 Å². The average Bonchev–Trinajstić information content (AvgIpc) is 2.90.